The van der Waals surface area contributed by atoms with E-state index in [-0.39, 0.29) is 5.75 Å². The Balaban J connectivity index is 1.94. The van der Waals surface area contributed by atoms with Crippen molar-refractivity contribution >= 4 is 0 Å². The van der Waals surface area contributed by atoms with Gasteiger partial charge in [0.25, 0.3) is 0 Å². The van der Waals surface area contributed by atoms with Crippen LogP contribution in [0.3, 0.4) is 0 Å². The molecule has 0 saturated carbocycles. The van der Waals surface area contributed by atoms with Gasteiger partial charge in [-0.3, -0.25) is 0 Å². The van der Waals surface area contributed by atoms with E-state index in [9.17, 15) is 5.11 Å². The number of aromatic nitrogens is 3. The molecule has 20 heavy (non-hydrogen) atoms. The summed E-state index contributed by atoms with van der Waals surface area (Å²) in [6.07, 6.45) is 1.97. The van der Waals surface area contributed by atoms with Crippen LogP contribution >= 0.6 is 0 Å². The highest BCUT2D eigenvalue weighted by Crippen LogP contribution is 2.30. The van der Waals surface area contributed by atoms with Gasteiger partial charge in [0.2, 0.25) is 0 Å². The van der Waals surface area contributed by atoms with Gasteiger partial charge in [0, 0.05) is 18.5 Å². The lowest BCUT2D eigenvalue weighted by molar-refractivity contribution is 0.350. The molecule has 0 aliphatic carbocycles. The summed E-state index contributed by atoms with van der Waals surface area (Å²) in [7, 11) is 1.52. The standard InChI is InChI=1S/C14H18N4O2/c1-20-12-6-10(3-4-11(12)19)14-16-13-5-2-9(7-15)8-18(13)17-14/h3-4,6,9,19H,2,5,7-8,15H2,1H3. The molecule has 0 bridgehead atoms. The van der Waals surface area contributed by atoms with Gasteiger partial charge in [-0.2, -0.15) is 5.10 Å². The molecular weight excluding hydrogens is 256 g/mol. The van der Waals surface area contributed by atoms with Gasteiger partial charge in [-0.05, 0) is 37.1 Å². The van der Waals surface area contributed by atoms with Crippen molar-refractivity contribution < 1.29 is 9.84 Å². The molecule has 6 nitrogen and oxygen atoms in total. The molecule has 2 heterocycles. The number of phenols is 1. The number of nitrogens with zero attached hydrogens (tertiary/aromatic N) is 3. The second kappa shape index (κ2) is 5.13. The van der Waals surface area contributed by atoms with Crippen LogP contribution in [0.2, 0.25) is 0 Å². The van der Waals surface area contributed by atoms with Crippen molar-refractivity contribution in [1.82, 2.24) is 14.8 Å². The van der Waals surface area contributed by atoms with Crippen LogP contribution in [-0.2, 0) is 13.0 Å². The van der Waals surface area contributed by atoms with E-state index in [0.29, 0.717) is 24.0 Å². The molecule has 1 aliphatic heterocycles. The lowest BCUT2D eigenvalue weighted by atomic mass is 10.0. The maximum Gasteiger partial charge on any atom is 0.181 e. The van der Waals surface area contributed by atoms with Crippen molar-refractivity contribution in [2.75, 3.05) is 13.7 Å². The third-order valence-corrected chi connectivity index (χ3v) is 3.73. The summed E-state index contributed by atoms with van der Waals surface area (Å²) in [6, 6.07) is 5.13. The van der Waals surface area contributed by atoms with Crippen LogP contribution in [0.1, 0.15) is 12.2 Å². The molecule has 0 saturated heterocycles. The molecule has 1 unspecified atom stereocenters. The zero-order chi connectivity index (χ0) is 14.1. The molecule has 0 radical (unpaired) electrons. The van der Waals surface area contributed by atoms with Crippen LogP contribution in [-0.4, -0.2) is 33.5 Å². The highest BCUT2D eigenvalue weighted by Gasteiger charge is 2.21. The predicted octanol–water partition coefficient (Wildman–Crippen LogP) is 1.18. The third kappa shape index (κ3) is 2.22. The average molecular weight is 274 g/mol. The Morgan fingerprint density at radius 2 is 2.35 bits per heavy atom. The van der Waals surface area contributed by atoms with Crippen LogP contribution in [0.5, 0.6) is 11.5 Å². The number of rotatable bonds is 3. The molecule has 1 aliphatic rings. The number of aryl methyl sites for hydroxylation is 1. The predicted molar refractivity (Wildman–Crippen MR) is 74.5 cm³/mol. The Morgan fingerprint density at radius 1 is 1.50 bits per heavy atom. The second-order valence-electron chi connectivity index (χ2n) is 5.06. The molecule has 1 aromatic heterocycles. The molecule has 6 heteroatoms. The fourth-order valence-electron chi connectivity index (χ4n) is 2.51. The van der Waals surface area contributed by atoms with Gasteiger partial charge in [0.15, 0.2) is 17.3 Å². The minimum Gasteiger partial charge on any atom is -0.504 e. The van der Waals surface area contributed by atoms with Crippen LogP contribution in [0, 0.1) is 5.92 Å². The number of nitrogens with two attached hydrogens (primary N) is 1. The molecule has 0 amide bonds. The zero-order valence-electron chi connectivity index (χ0n) is 11.4. The molecule has 106 valence electrons. The number of fused-ring (bicyclic) bond motifs is 1. The molecule has 2 aromatic rings. The smallest absolute Gasteiger partial charge is 0.181 e. The quantitative estimate of drug-likeness (QED) is 0.877. The lowest BCUT2D eigenvalue weighted by Crippen LogP contribution is -2.27. The van der Waals surface area contributed by atoms with Crippen LogP contribution in [0.15, 0.2) is 18.2 Å². The molecule has 3 rings (SSSR count). The van der Waals surface area contributed by atoms with Gasteiger partial charge in [0.05, 0.1) is 7.11 Å². The number of hydrogen-bond donors (Lipinski definition) is 2. The summed E-state index contributed by atoms with van der Waals surface area (Å²) in [5.74, 6) is 2.68. The largest absolute Gasteiger partial charge is 0.504 e. The number of methoxy groups -OCH3 is 1. The van der Waals surface area contributed by atoms with Gasteiger partial charge in [0.1, 0.15) is 5.82 Å². The Kier molecular flexibility index (Phi) is 3.31. The summed E-state index contributed by atoms with van der Waals surface area (Å²) in [6.45, 7) is 1.51. The maximum absolute atomic E-state index is 9.63. The topological polar surface area (TPSA) is 86.2 Å². The number of ether oxygens (including phenoxy) is 1. The highest BCUT2D eigenvalue weighted by atomic mass is 16.5. The van der Waals surface area contributed by atoms with Gasteiger partial charge >= 0.3 is 0 Å². The van der Waals surface area contributed by atoms with E-state index >= 15 is 0 Å². The van der Waals surface area contributed by atoms with Gasteiger partial charge < -0.3 is 15.6 Å². The van der Waals surface area contributed by atoms with E-state index in [0.717, 1.165) is 30.8 Å². The Bertz CT molecular complexity index is 624. The maximum atomic E-state index is 9.63. The zero-order valence-corrected chi connectivity index (χ0v) is 11.4. The normalized spacial score (nSPS) is 17.8. The number of hydrogen-bond acceptors (Lipinski definition) is 5. The number of benzene rings is 1. The minimum absolute atomic E-state index is 0.114. The Labute approximate surface area is 117 Å². The highest BCUT2D eigenvalue weighted by molar-refractivity contribution is 5.60. The van der Waals surface area contributed by atoms with Crippen LogP contribution < -0.4 is 10.5 Å². The van der Waals surface area contributed by atoms with E-state index < -0.39 is 0 Å². The summed E-state index contributed by atoms with van der Waals surface area (Å²) in [5.41, 5.74) is 6.57. The van der Waals surface area contributed by atoms with Crippen LogP contribution in [0.25, 0.3) is 11.4 Å². The van der Waals surface area contributed by atoms with E-state index in [1.54, 1.807) is 18.2 Å². The van der Waals surface area contributed by atoms with Crippen molar-refractivity contribution in [2.45, 2.75) is 19.4 Å². The van der Waals surface area contributed by atoms with Gasteiger partial charge in [-0.25, -0.2) is 9.67 Å². The molecular formula is C14H18N4O2. The number of phenolic OH excluding ortho intramolecular Hbond substituents is 1. The monoisotopic (exact) mass is 274 g/mol. The second-order valence-corrected chi connectivity index (χ2v) is 5.06. The van der Waals surface area contributed by atoms with Crippen molar-refractivity contribution in [3.8, 4) is 22.9 Å². The first-order valence-corrected chi connectivity index (χ1v) is 6.72. The summed E-state index contributed by atoms with van der Waals surface area (Å²) in [4.78, 5) is 4.57. The van der Waals surface area contributed by atoms with Crippen molar-refractivity contribution in [2.24, 2.45) is 11.7 Å². The fraction of sp³-hybridized carbons (Fsp3) is 0.429. The summed E-state index contributed by atoms with van der Waals surface area (Å²) in [5, 5.41) is 14.2. The first-order chi connectivity index (χ1) is 9.71. The van der Waals surface area contributed by atoms with Crippen molar-refractivity contribution in [1.29, 1.82) is 0 Å². The first-order valence-electron chi connectivity index (χ1n) is 6.72. The van der Waals surface area contributed by atoms with Crippen molar-refractivity contribution in [3.63, 3.8) is 0 Å². The average Bonchev–Trinajstić information content (AvgIpc) is 2.90. The third-order valence-electron chi connectivity index (χ3n) is 3.73. The molecule has 1 atom stereocenters. The number of aromatic hydroxyl groups is 1. The summed E-state index contributed by atoms with van der Waals surface area (Å²) >= 11 is 0. The fourth-order valence-corrected chi connectivity index (χ4v) is 2.51. The Morgan fingerprint density at radius 3 is 3.10 bits per heavy atom. The molecule has 1 aromatic carbocycles. The van der Waals surface area contributed by atoms with E-state index in [1.807, 2.05) is 4.68 Å². The Hall–Kier alpha value is -2.08. The molecule has 0 spiro atoms. The lowest BCUT2D eigenvalue weighted by Gasteiger charge is -2.20. The SMILES string of the molecule is COc1cc(-c2nc3n(n2)CC(CN)CC3)ccc1O. The van der Waals surface area contributed by atoms with Crippen LogP contribution in [0.4, 0.5) is 0 Å². The minimum atomic E-state index is 0.114. The van der Waals surface area contributed by atoms with Gasteiger partial charge in [-0.15, -0.1) is 0 Å². The van der Waals surface area contributed by atoms with Gasteiger partial charge in [-0.1, -0.05) is 0 Å². The summed E-state index contributed by atoms with van der Waals surface area (Å²) < 4.78 is 7.05. The molecule has 0 fully saturated rings. The van der Waals surface area contributed by atoms with E-state index in [1.165, 1.54) is 7.11 Å². The first kappa shape index (κ1) is 12.9. The van der Waals surface area contributed by atoms with E-state index in [4.69, 9.17) is 10.5 Å². The molecule has 3 N–H and O–H groups in total. The van der Waals surface area contributed by atoms with Crippen molar-refractivity contribution in [3.05, 3.63) is 24.0 Å². The van der Waals surface area contributed by atoms with E-state index in [2.05, 4.69) is 10.1 Å².